The van der Waals surface area contributed by atoms with Crippen molar-refractivity contribution in [3.05, 3.63) is 0 Å². The Morgan fingerprint density at radius 2 is 1.79 bits per heavy atom. The molecular formula is C18H32N4O2. The zero-order chi connectivity index (χ0) is 16.9. The van der Waals surface area contributed by atoms with Gasteiger partial charge in [-0.3, -0.25) is 9.69 Å². The third kappa shape index (κ3) is 4.62. The largest absolute Gasteiger partial charge is 0.353 e. The molecule has 2 aliphatic heterocycles. The number of piperidine rings is 2. The molecule has 136 valence electrons. The molecule has 1 saturated carbocycles. The SMILES string of the molecule is CCCNC(=O)N1CCC(N2CCCC(C(=O)NC3CC3)C2)CC1. The van der Waals surface area contributed by atoms with Gasteiger partial charge in [0.25, 0.3) is 0 Å². The van der Waals surface area contributed by atoms with E-state index < -0.39 is 0 Å². The first-order valence-corrected chi connectivity index (χ1v) is 9.74. The summed E-state index contributed by atoms with van der Waals surface area (Å²) in [5.41, 5.74) is 0. The van der Waals surface area contributed by atoms with Gasteiger partial charge in [0, 0.05) is 38.3 Å². The topological polar surface area (TPSA) is 64.7 Å². The molecule has 1 aliphatic carbocycles. The summed E-state index contributed by atoms with van der Waals surface area (Å²) in [7, 11) is 0. The number of rotatable bonds is 5. The van der Waals surface area contributed by atoms with Crippen LogP contribution in [0.4, 0.5) is 4.79 Å². The molecule has 6 nitrogen and oxygen atoms in total. The van der Waals surface area contributed by atoms with Crippen LogP contribution in [0, 0.1) is 5.92 Å². The van der Waals surface area contributed by atoms with Gasteiger partial charge in [-0.1, -0.05) is 6.92 Å². The quantitative estimate of drug-likeness (QED) is 0.801. The van der Waals surface area contributed by atoms with Crippen molar-refractivity contribution in [3.63, 3.8) is 0 Å². The minimum atomic E-state index is 0.0793. The van der Waals surface area contributed by atoms with Crippen LogP contribution in [0.2, 0.25) is 0 Å². The van der Waals surface area contributed by atoms with Gasteiger partial charge in [0.1, 0.15) is 0 Å². The van der Waals surface area contributed by atoms with Gasteiger partial charge < -0.3 is 15.5 Å². The third-order valence-electron chi connectivity index (χ3n) is 5.54. The van der Waals surface area contributed by atoms with Gasteiger partial charge in [-0.05, 0) is 51.5 Å². The lowest BCUT2D eigenvalue weighted by Crippen LogP contribution is -2.53. The van der Waals surface area contributed by atoms with E-state index in [9.17, 15) is 9.59 Å². The Balaban J connectivity index is 1.43. The summed E-state index contributed by atoms with van der Waals surface area (Å²) in [6, 6.07) is 1.06. The van der Waals surface area contributed by atoms with Crippen LogP contribution in [0.5, 0.6) is 0 Å². The average Bonchev–Trinajstić information content (AvgIpc) is 3.44. The Kier molecular flexibility index (Phi) is 5.98. The fourth-order valence-corrected chi connectivity index (χ4v) is 3.88. The molecule has 0 radical (unpaired) electrons. The molecule has 0 spiro atoms. The van der Waals surface area contributed by atoms with Crippen LogP contribution in [-0.2, 0) is 4.79 Å². The van der Waals surface area contributed by atoms with Crippen LogP contribution in [0.3, 0.4) is 0 Å². The second-order valence-corrected chi connectivity index (χ2v) is 7.57. The molecule has 6 heteroatoms. The van der Waals surface area contributed by atoms with Gasteiger partial charge >= 0.3 is 6.03 Å². The molecule has 3 fully saturated rings. The van der Waals surface area contributed by atoms with Crippen LogP contribution in [0.15, 0.2) is 0 Å². The highest BCUT2D eigenvalue weighted by Crippen LogP contribution is 2.25. The van der Waals surface area contributed by atoms with E-state index in [4.69, 9.17) is 0 Å². The Labute approximate surface area is 145 Å². The van der Waals surface area contributed by atoms with Crippen molar-refractivity contribution < 1.29 is 9.59 Å². The summed E-state index contributed by atoms with van der Waals surface area (Å²) in [6.07, 6.45) is 7.46. The minimum Gasteiger partial charge on any atom is -0.353 e. The van der Waals surface area contributed by atoms with E-state index in [0.29, 0.717) is 12.1 Å². The fraction of sp³-hybridized carbons (Fsp3) is 0.889. The van der Waals surface area contributed by atoms with Gasteiger partial charge in [-0.15, -0.1) is 0 Å². The molecule has 0 aromatic rings. The Morgan fingerprint density at radius 1 is 1.04 bits per heavy atom. The second kappa shape index (κ2) is 8.19. The highest BCUT2D eigenvalue weighted by atomic mass is 16.2. The first kappa shape index (κ1) is 17.5. The molecule has 2 heterocycles. The smallest absolute Gasteiger partial charge is 0.317 e. The maximum Gasteiger partial charge on any atom is 0.317 e. The van der Waals surface area contributed by atoms with E-state index in [0.717, 1.165) is 77.7 Å². The maximum absolute atomic E-state index is 12.3. The molecule has 1 atom stereocenters. The zero-order valence-electron chi connectivity index (χ0n) is 14.9. The zero-order valence-corrected chi connectivity index (χ0v) is 14.9. The average molecular weight is 336 g/mol. The summed E-state index contributed by atoms with van der Waals surface area (Å²) in [4.78, 5) is 28.8. The van der Waals surface area contributed by atoms with Crippen LogP contribution in [0.1, 0.15) is 51.9 Å². The van der Waals surface area contributed by atoms with Gasteiger partial charge in [0.15, 0.2) is 0 Å². The predicted molar refractivity (Wildman–Crippen MR) is 93.7 cm³/mol. The molecule has 0 bridgehead atoms. The van der Waals surface area contributed by atoms with Crippen molar-refractivity contribution in [1.29, 1.82) is 0 Å². The van der Waals surface area contributed by atoms with Crippen LogP contribution in [0.25, 0.3) is 0 Å². The summed E-state index contributed by atoms with van der Waals surface area (Å²) in [6.45, 7) is 6.47. The molecule has 1 unspecified atom stereocenters. The number of amides is 3. The molecule has 2 saturated heterocycles. The Bertz CT molecular complexity index is 444. The summed E-state index contributed by atoms with van der Waals surface area (Å²) in [5, 5.41) is 6.12. The molecule has 24 heavy (non-hydrogen) atoms. The molecule has 2 N–H and O–H groups in total. The highest BCUT2D eigenvalue weighted by Gasteiger charge is 2.34. The fourth-order valence-electron chi connectivity index (χ4n) is 3.88. The van der Waals surface area contributed by atoms with Crippen molar-refractivity contribution in [1.82, 2.24) is 20.4 Å². The van der Waals surface area contributed by atoms with Gasteiger partial charge in [-0.2, -0.15) is 0 Å². The first-order valence-electron chi connectivity index (χ1n) is 9.74. The number of hydrogen-bond acceptors (Lipinski definition) is 3. The lowest BCUT2D eigenvalue weighted by Gasteiger charge is -2.42. The summed E-state index contributed by atoms with van der Waals surface area (Å²) >= 11 is 0. The van der Waals surface area contributed by atoms with Crippen molar-refractivity contribution >= 4 is 11.9 Å². The maximum atomic E-state index is 12.3. The van der Waals surface area contributed by atoms with E-state index in [1.807, 2.05) is 4.90 Å². The van der Waals surface area contributed by atoms with E-state index >= 15 is 0 Å². The molecular weight excluding hydrogens is 304 g/mol. The standard InChI is InChI=1S/C18H32N4O2/c1-2-9-19-18(24)21-11-7-16(8-12-21)22-10-3-4-14(13-22)17(23)20-15-5-6-15/h14-16H,2-13H2,1H3,(H,19,24)(H,20,23). The van der Waals surface area contributed by atoms with Crippen molar-refractivity contribution in [3.8, 4) is 0 Å². The second-order valence-electron chi connectivity index (χ2n) is 7.57. The van der Waals surface area contributed by atoms with Crippen LogP contribution < -0.4 is 10.6 Å². The lowest BCUT2D eigenvalue weighted by molar-refractivity contribution is -0.127. The normalized spacial score (nSPS) is 26.2. The van der Waals surface area contributed by atoms with Gasteiger partial charge in [-0.25, -0.2) is 4.79 Å². The number of urea groups is 1. The minimum absolute atomic E-state index is 0.0793. The first-order chi connectivity index (χ1) is 11.7. The summed E-state index contributed by atoms with van der Waals surface area (Å²) in [5.74, 6) is 0.420. The van der Waals surface area contributed by atoms with Gasteiger partial charge in [0.05, 0.1) is 5.92 Å². The molecule has 0 aromatic carbocycles. The molecule has 3 amide bonds. The predicted octanol–water partition coefficient (Wildman–Crippen LogP) is 1.56. The number of hydrogen-bond donors (Lipinski definition) is 2. The van der Waals surface area contributed by atoms with E-state index in [2.05, 4.69) is 22.5 Å². The number of carbonyl (C=O) groups excluding carboxylic acids is 2. The number of carbonyl (C=O) groups is 2. The van der Waals surface area contributed by atoms with Crippen molar-refractivity contribution in [2.24, 2.45) is 5.92 Å². The van der Waals surface area contributed by atoms with Crippen LogP contribution in [-0.4, -0.2) is 66.5 Å². The Hall–Kier alpha value is -1.30. The van der Waals surface area contributed by atoms with Gasteiger partial charge in [0.2, 0.25) is 5.91 Å². The van der Waals surface area contributed by atoms with Crippen molar-refractivity contribution in [2.45, 2.75) is 64.0 Å². The molecule has 0 aromatic heterocycles. The monoisotopic (exact) mass is 336 g/mol. The number of nitrogens with zero attached hydrogens (tertiary/aromatic N) is 2. The number of likely N-dealkylation sites (tertiary alicyclic amines) is 2. The van der Waals surface area contributed by atoms with Crippen LogP contribution >= 0.6 is 0 Å². The summed E-state index contributed by atoms with van der Waals surface area (Å²) < 4.78 is 0. The van der Waals surface area contributed by atoms with Crippen molar-refractivity contribution in [2.75, 3.05) is 32.7 Å². The molecule has 3 rings (SSSR count). The lowest BCUT2D eigenvalue weighted by atomic mass is 9.93. The number of nitrogens with one attached hydrogen (secondary N) is 2. The van der Waals surface area contributed by atoms with E-state index in [-0.39, 0.29) is 17.9 Å². The third-order valence-corrected chi connectivity index (χ3v) is 5.54. The van der Waals surface area contributed by atoms with E-state index in [1.165, 1.54) is 0 Å². The molecule has 3 aliphatic rings. The highest BCUT2D eigenvalue weighted by molar-refractivity contribution is 5.79. The Morgan fingerprint density at radius 3 is 2.46 bits per heavy atom. The van der Waals surface area contributed by atoms with E-state index in [1.54, 1.807) is 0 Å².